The lowest BCUT2D eigenvalue weighted by molar-refractivity contribution is 0.204. The average molecular weight is 436 g/mol. The van der Waals surface area contributed by atoms with E-state index in [1.807, 2.05) is 60.7 Å². The Hall–Kier alpha value is -3.17. The first-order valence-corrected chi connectivity index (χ1v) is 10.3. The Kier molecular flexibility index (Phi) is 9.75. The molecule has 3 aromatic carbocycles. The molecule has 3 aromatic rings. The first-order chi connectivity index (χ1) is 15.8. The maximum Gasteiger partial charge on any atom is 0.788 e. The fourth-order valence-corrected chi connectivity index (χ4v) is 2.55. The normalized spacial score (nSPS) is 10.3. The van der Waals surface area contributed by atoms with Crippen LogP contribution >= 0.6 is 0 Å². The van der Waals surface area contributed by atoms with Gasteiger partial charge in [-0.3, -0.25) is 0 Å². The highest BCUT2D eigenvalue weighted by atomic mass is 16.7. The second-order valence-corrected chi connectivity index (χ2v) is 6.47. The molecule has 0 aliphatic heterocycles. The van der Waals surface area contributed by atoms with Crippen molar-refractivity contribution < 1.29 is 27.9 Å². The third-order valence-electron chi connectivity index (χ3n) is 3.98. The van der Waals surface area contributed by atoms with Crippen LogP contribution in [0.3, 0.4) is 0 Å². The van der Waals surface area contributed by atoms with Crippen LogP contribution in [0.25, 0.3) is 0 Å². The van der Waals surface area contributed by atoms with Crippen LogP contribution in [0.2, 0.25) is 0 Å². The summed E-state index contributed by atoms with van der Waals surface area (Å²) >= 11 is 0. The molecule has 0 spiro atoms. The van der Waals surface area contributed by atoms with E-state index in [1.54, 1.807) is 24.3 Å². The van der Waals surface area contributed by atoms with Crippen LogP contribution < -0.4 is 30.1 Å². The minimum atomic E-state index is -0.949. The van der Waals surface area contributed by atoms with Gasteiger partial charge in [-0.25, -0.2) is 0 Å². The van der Waals surface area contributed by atoms with Crippen molar-refractivity contribution in [3.8, 4) is 23.0 Å². The van der Waals surface area contributed by atoms with Crippen molar-refractivity contribution in [3.63, 3.8) is 0 Å². The predicted octanol–water partition coefficient (Wildman–Crippen LogP) is 2.52. The molecule has 0 heterocycles. The second-order valence-electron chi connectivity index (χ2n) is 6.47. The molecule has 32 heavy (non-hydrogen) atoms. The van der Waals surface area contributed by atoms with Gasteiger partial charge < -0.3 is 39.4 Å². The van der Waals surface area contributed by atoms with Crippen LogP contribution in [0, 0.1) is 0 Å². The number of benzene rings is 3. The summed E-state index contributed by atoms with van der Waals surface area (Å²) in [4.78, 5) is 0. The highest BCUT2D eigenvalue weighted by Crippen LogP contribution is 2.21. The van der Waals surface area contributed by atoms with Crippen molar-refractivity contribution in [2.24, 2.45) is 11.5 Å². The molecule has 0 fully saturated rings. The first-order valence-electron chi connectivity index (χ1n) is 10.3. The number of nitrogens with two attached hydrogens (primary N) is 2. The molecule has 0 aliphatic rings. The van der Waals surface area contributed by atoms with Crippen LogP contribution in [0.4, 0.5) is 0 Å². The van der Waals surface area contributed by atoms with Gasteiger partial charge >= 0.3 is 14.6 Å². The SMILES string of the molecule is NCCOB(Oc1ccccc1)Oc1ccc(OB(OCCN)Oc2ccccc2)cc1. The molecule has 3 rings (SSSR count). The lowest BCUT2D eigenvalue weighted by Crippen LogP contribution is -2.36. The van der Waals surface area contributed by atoms with Gasteiger partial charge in [0.2, 0.25) is 0 Å². The molecule has 166 valence electrons. The van der Waals surface area contributed by atoms with Crippen molar-refractivity contribution in [1.82, 2.24) is 0 Å². The van der Waals surface area contributed by atoms with E-state index in [0.29, 0.717) is 36.1 Å². The van der Waals surface area contributed by atoms with Crippen molar-refractivity contribution in [2.75, 3.05) is 26.3 Å². The Morgan fingerprint density at radius 2 is 0.781 bits per heavy atom. The molecule has 0 saturated carbocycles. The van der Waals surface area contributed by atoms with Gasteiger partial charge in [-0.1, -0.05) is 36.4 Å². The summed E-state index contributed by atoms with van der Waals surface area (Å²) in [5.41, 5.74) is 11.1. The van der Waals surface area contributed by atoms with Gasteiger partial charge in [0.05, 0.1) is 0 Å². The summed E-state index contributed by atoms with van der Waals surface area (Å²) in [5.74, 6) is 2.29. The number of hydrogen-bond donors (Lipinski definition) is 2. The minimum absolute atomic E-state index is 0.287. The van der Waals surface area contributed by atoms with Gasteiger partial charge in [-0.2, -0.15) is 0 Å². The molecule has 0 atom stereocenters. The molecule has 0 bridgehead atoms. The van der Waals surface area contributed by atoms with E-state index in [0.717, 1.165) is 0 Å². The third kappa shape index (κ3) is 8.16. The summed E-state index contributed by atoms with van der Waals surface area (Å²) in [6.45, 7) is 1.26. The summed E-state index contributed by atoms with van der Waals surface area (Å²) < 4.78 is 34.2. The fraction of sp³-hybridized carbons (Fsp3) is 0.182. The Balaban J connectivity index is 1.60. The molecule has 0 radical (unpaired) electrons. The number of hydrogen-bond acceptors (Lipinski definition) is 8. The Morgan fingerprint density at radius 1 is 0.469 bits per heavy atom. The van der Waals surface area contributed by atoms with Crippen molar-refractivity contribution >= 4 is 14.6 Å². The highest BCUT2D eigenvalue weighted by Gasteiger charge is 2.28. The second kappa shape index (κ2) is 13.3. The summed E-state index contributed by atoms with van der Waals surface area (Å²) in [7, 11) is -1.90. The zero-order valence-electron chi connectivity index (χ0n) is 17.7. The smallest absolute Gasteiger partial charge is 0.501 e. The van der Waals surface area contributed by atoms with E-state index in [-0.39, 0.29) is 13.2 Å². The predicted molar refractivity (Wildman–Crippen MR) is 123 cm³/mol. The molecule has 4 N–H and O–H groups in total. The standard InChI is InChI=1S/C22H26B2N2O6/c25-15-17-27-23(29-19-7-3-1-4-8-19)31-21-11-13-22(14-12-21)32-24(28-18-16-26)30-20-9-5-2-6-10-20/h1-14H,15-18,25-26H2. The summed E-state index contributed by atoms with van der Waals surface area (Å²) in [6.07, 6.45) is 0. The monoisotopic (exact) mass is 436 g/mol. The van der Waals surface area contributed by atoms with E-state index >= 15 is 0 Å². The lowest BCUT2D eigenvalue weighted by Gasteiger charge is -2.17. The first kappa shape index (κ1) is 23.5. The van der Waals surface area contributed by atoms with Crippen LogP contribution in [0.1, 0.15) is 0 Å². The highest BCUT2D eigenvalue weighted by molar-refractivity contribution is 6.39. The van der Waals surface area contributed by atoms with Crippen molar-refractivity contribution in [3.05, 3.63) is 84.9 Å². The van der Waals surface area contributed by atoms with Gasteiger partial charge in [-0.15, -0.1) is 0 Å². The van der Waals surface area contributed by atoms with Crippen LogP contribution in [-0.2, 0) is 9.31 Å². The molecular formula is C22H26B2N2O6. The van der Waals surface area contributed by atoms with Crippen LogP contribution in [0.15, 0.2) is 84.9 Å². The Bertz CT molecular complexity index is 815. The maximum absolute atomic E-state index is 5.81. The quantitative estimate of drug-likeness (QED) is 0.372. The van der Waals surface area contributed by atoms with E-state index in [9.17, 15) is 0 Å². The van der Waals surface area contributed by atoms with E-state index in [1.165, 1.54) is 0 Å². The number of rotatable bonds is 14. The maximum atomic E-state index is 5.81. The van der Waals surface area contributed by atoms with Crippen LogP contribution in [-0.4, -0.2) is 40.9 Å². The molecule has 0 unspecified atom stereocenters. The molecule has 0 saturated heterocycles. The van der Waals surface area contributed by atoms with Gasteiger partial charge in [0.15, 0.2) is 0 Å². The van der Waals surface area contributed by atoms with Gasteiger partial charge in [0.25, 0.3) is 0 Å². The molecule has 0 amide bonds. The van der Waals surface area contributed by atoms with Crippen LogP contribution in [0.5, 0.6) is 23.0 Å². The molecule has 0 aromatic heterocycles. The zero-order valence-corrected chi connectivity index (χ0v) is 17.7. The van der Waals surface area contributed by atoms with Gasteiger partial charge in [0.1, 0.15) is 23.0 Å². The Labute approximate surface area is 188 Å². The van der Waals surface area contributed by atoms with Crippen molar-refractivity contribution in [2.45, 2.75) is 0 Å². The topological polar surface area (TPSA) is 107 Å². The Morgan fingerprint density at radius 3 is 1.09 bits per heavy atom. The largest absolute Gasteiger partial charge is 0.788 e. The molecular weight excluding hydrogens is 410 g/mol. The molecule has 8 nitrogen and oxygen atoms in total. The molecule has 0 aliphatic carbocycles. The van der Waals surface area contributed by atoms with E-state index in [4.69, 9.17) is 39.4 Å². The van der Waals surface area contributed by atoms with Gasteiger partial charge in [-0.05, 0) is 48.5 Å². The summed E-state index contributed by atoms with van der Waals surface area (Å²) in [5, 5.41) is 0. The minimum Gasteiger partial charge on any atom is -0.501 e. The summed E-state index contributed by atoms with van der Waals surface area (Å²) in [6, 6.07) is 25.4. The van der Waals surface area contributed by atoms with Crippen molar-refractivity contribution in [1.29, 1.82) is 0 Å². The third-order valence-corrected chi connectivity index (χ3v) is 3.98. The van der Waals surface area contributed by atoms with E-state index < -0.39 is 14.6 Å². The average Bonchev–Trinajstić information content (AvgIpc) is 2.83. The number of para-hydroxylation sites is 2. The molecule has 10 heteroatoms. The van der Waals surface area contributed by atoms with Gasteiger partial charge in [0, 0.05) is 26.3 Å². The van der Waals surface area contributed by atoms with E-state index in [2.05, 4.69) is 0 Å². The zero-order chi connectivity index (χ0) is 22.4. The lowest BCUT2D eigenvalue weighted by atomic mass is 10.2. The fourth-order valence-electron chi connectivity index (χ4n) is 2.55.